The second kappa shape index (κ2) is 43.4. The van der Waals surface area contributed by atoms with Crippen molar-refractivity contribution in [3.63, 3.8) is 0 Å². The van der Waals surface area contributed by atoms with E-state index in [0.29, 0.717) is 6.42 Å². The van der Waals surface area contributed by atoms with E-state index in [0.717, 1.165) is 0 Å². The average Bonchev–Trinajstić information content (AvgIpc) is 1.76. The van der Waals surface area contributed by atoms with E-state index in [1.807, 2.05) is 0 Å². The Labute approximate surface area is 696 Å². The van der Waals surface area contributed by atoms with Crippen molar-refractivity contribution < 1.29 is 106 Å². The van der Waals surface area contributed by atoms with E-state index in [2.05, 4.69) is 90.4 Å². The number of primary amides is 1. The number of amides is 19. The summed E-state index contributed by atoms with van der Waals surface area (Å²) in [5, 5.41) is 62.1. The molecule has 19 amide bonds. The molecule has 0 bridgehead atoms. The van der Waals surface area contributed by atoms with Gasteiger partial charge < -0.3 is 111 Å². The Hall–Kier alpha value is -10.6. The van der Waals surface area contributed by atoms with Gasteiger partial charge in [-0.1, -0.05) is 41.5 Å². The van der Waals surface area contributed by atoms with Gasteiger partial charge in [0.05, 0.1) is 19.2 Å². The summed E-state index contributed by atoms with van der Waals surface area (Å²) in [6, 6.07) is -10.2. The summed E-state index contributed by atoms with van der Waals surface area (Å²) >= 11 is 0. The van der Waals surface area contributed by atoms with Gasteiger partial charge in [0.15, 0.2) is 0 Å². The molecular formula is C78H135N19O22. The van der Waals surface area contributed by atoms with Gasteiger partial charge in [-0.2, -0.15) is 0 Å². The number of hydrogen-bond donors (Lipinski definition) is 20. The zero-order valence-electron chi connectivity index (χ0n) is 74.2. The van der Waals surface area contributed by atoms with Crippen LogP contribution < -0.4 is 96.1 Å². The topological polar surface area (TPSA) is 616 Å². The first kappa shape index (κ1) is 106. The largest absolute Gasteiger partial charge is 0.481 e. The number of aliphatic hydroxyl groups excluding tert-OH is 1. The minimum absolute atomic E-state index is 0.0289. The third-order valence-corrected chi connectivity index (χ3v) is 19.3. The first-order chi connectivity index (χ1) is 53.9. The van der Waals surface area contributed by atoms with Crippen molar-refractivity contribution in [1.29, 1.82) is 0 Å². The van der Waals surface area contributed by atoms with Crippen LogP contribution in [0.3, 0.4) is 0 Å². The van der Waals surface area contributed by atoms with Crippen LogP contribution in [0.1, 0.15) is 238 Å². The molecule has 1 aliphatic heterocycles. The number of nitrogens with zero attached hydrogens (tertiary/aromatic N) is 1. The average molecular weight is 1690 g/mol. The predicted molar refractivity (Wildman–Crippen MR) is 434 cm³/mol. The fraction of sp³-hybridized carbons (Fsp3) is 0.744. The molecule has 1 unspecified atom stereocenters. The van der Waals surface area contributed by atoms with E-state index >= 15 is 0 Å². The Morgan fingerprint density at radius 2 is 0.739 bits per heavy atom. The molecule has 41 nitrogen and oxygen atoms in total. The van der Waals surface area contributed by atoms with Crippen LogP contribution in [0.15, 0.2) is 0 Å². The van der Waals surface area contributed by atoms with Crippen molar-refractivity contribution in [1.82, 2.24) is 95.3 Å². The minimum atomic E-state index is -1.90. The molecule has 0 aromatic carbocycles. The fourth-order valence-corrected chi connectivity index (χ4v) is 11.6. The van der Waals surface area contributed by atoms with Gasteiger partial charge in [0.2, 0.25) is 112 Å². The Morgan fingerprint density at radius 3 is 1.15 bits per heavy atom. The predicted octanol–water partition coefficient (Wildman–Crippen LogP) is -3.53. The van der Waals surface area contributed by atoms with Crippen LogP contribution in [0, 0.1) is 17.8 Å². The van der Waals surface area contributed by atoms with Crippen LogP contribution in [-0.4, -0.2) is 251 Å². The van der Waals surface area contributed by atoms with Crippen LogP contribution >= 0.6 is 0 Å². The maximum atomic E-state index is 14.4. The van der Waals surface area contributed by atoms with Crippen LogP contribution in [-0.2, 0) is 95.9 Å². The normalized spacial score (nSPS) is 15.4. The van der Waals surface area contributed by atoms with Crippen LogP contribution in [0.5, 0.6) is 0 Å². The number of nitrogens with one attached hydrogen (secondary N) is 17. The molecule has 21 N–H and O–H groups in total. The molecule has 0 aromatic heterocycles. The number of carboxylic acid groups (broad SMARTS) is 1. The number of carboxylic acids is 1. The van der Waals surface area contributed by atoms with Crippen molar-refractivity contribution in [2.45, 2.75) is 336 Å². The zero-order chi connectivity index (χ0) is 92.8. The number of likely N-dealkylation sites (tertiary alicyclic amines) is 1. The number of nitrogens with two attached hydrogens (primary N) is 1. The molecule has 119 heavy (non-hydrogen) atoms. The number of carbonyl (C=O) groups is 20. The summed E-state index contributed by atoms with van der Waals surface area (Å²) in [4.78, 5) is 270. The van der Waals surface area contributed by atoms with Gasteiger partial charge in [-0.3, -0.25) is 95.9 Å². The van der Waals surface area contributed by atoms with Gasteiger partial charge in [-0.25, -0.2) is 0 Å². The molecule has 0 aromatic rings. The Bertz CT molecular complexity index is 3790. The first-order valence-corrected chi connectivity index (χ1v) is 39.6. The number of aliphatic carboxylic acids is 1. The van der Waals surface area contributed by atoms with Crippen molar-refractivity contribution in [2.24, 2.45) is 23.5 Å². The lowest BCUT2D eigenvalue weighted by Crippen LogP contribution is -2.66. The summed E-state index contributed by atoms with van der Waals surface area (Å²) in [5.41, 5.74) is -10.3. The molecule has 0 spiro atoms. The van der Waals surface area contributed by atoms with Crippen LogP contribution in [0.2, 0.25) is 0 Å². The lowest BCUT2D eigenvalue weighted by molar-refractivity contribution is -0.146. The highest BCUT2D eigenvalue weighted by Crippen LogP contribution is 2.25. The zero-order valence-corrected chi connectivity index (χ0v) is 74.2. The van der Waals surface area contributed by atoms with Crippen molar-refractivity contribution in [3.8, 4) is 0 Å². The number of carbonyl (C=O) groups excluding carboxylic acids is 19. The maximum absolute atomic E-state index is 14.4. The van der Waals surface area contributed by atoms with Gasteiger partial charge >= 0.3 is 5.97 Å². The molecule has 0 aliphatic carbocycles. The minimum Gasteiger partial charge on any atom is -0.481 e. The molecular weight excluding hydrogens is 1550 g/mol. The Balaban J connectivity index is 3.14. The molecule has 1 fully saturated rings. The molecule has 0 saturated carbocycles. The maximum Gasteiger partial charge on any atom is 0.303 e. The quantitative estimate of drug-likeness (QED) is 0.0281. The molecule has 8 atom stereocenters. The third-order valence-electron chi connectivity index (χ3n) is 19.3. The lowest BCUT2D eigenvalue weighted by atomic mass is 9.96. The molecule has 1 aliphatic rings. The second-order valence-electron chi connectivity index (χ2n) is 36.3. The molecule has 1 rings (SSSR count). The van der Waals surface area contributed by atoms with Crippen molar-refractivity contribution >= 4 is 118 Å². The number of rotatable bonds is 46. The van der Waals surface area contributed by atoms with E-state index < -0.39 is 249 Å². The lowest BCUT2D eigenvalue weighted by Gasteiger charge is -2.36. The summed E-state index contributed by atoms with van der Waals surface area (Å²) in [5.74, 6) is -17.7. The van der Waals surface area contributed by atoms with Gasteiger partial charge in [0.25, 0.3) is 0 Å². The standard InChI is InChI=1S/C78H135N19O22/c1-39(2)35-47(58(108)93-77(24,25)67(117)95-74(18,19)65(115)85-45(31-33-53(102)103)56(106)84-49(38-98)41(5)6)83-60(110)50-29-28-34-97(50)69(119)78(26,27)96-68(118)75(20,21)90-55(105)43(8)81-54(104)42(7)82-62(112)73(16,17)94-66(116)76(22,23)91-57(107)46(30-32-51(79)100)86-64(114)72(14,15)92-59(109)48(36-40(3)4)87-63(113)71(12,13)89-52(101)37-80-61(111)70(10,11)88-44(9)99/h39-43,45-50,98H,28-38H2,1-27H3,(H2,79,100)(H,80,111)(H,81,104)(H,82,112)(H,83,110)(H,84,106)(H,85,115)(H,86,114)(H,87,113)(H,88,99)(H,89,101)(H,90,105)(H,91,107)(H,92,109)(H,93,108)(H,94,116)(H,95,117)(H,96,118)(H,102,103)/t42-,43-,45-,46-,47-,48-,49?,50-/m0/s1. The SMILES string of the molecule is CC(=O)NC(C)(C)C(=O)NCC(=O)NC(C)(C)C(=O)N[C@@H](CC(C)C)C(=O)NC(C)(C)C(=O)N[C@@H](CCC(N)=O)C(=O)NC(C)(C)C(=O)NC(C)(C)C(=O)N[C@@H](C)C(=O)N[C@@H](C)C(=O)NC(C)(C)C(=O)NC(C)(C)C(=O)N1CCC[C@H]1C(=O)N[C@@H](CC(C)C)C(=O)NC(C)(C)C(=O)NC(C)(C)C(=O)N[C@@H](CCC(=O)O)C(=O)NC(CO)C(C)C. The van der Waals surface area contributed by atoms with Gasteiger partial charge in [-0.05, 0) is 195 Å². The first-order valence-electron chi connectivity index (χ1n) is 39.6. The van der Waals surface area contributed by atoms with E-state index in [1.54, 1.807) is 41.5 Å². The molecule has 1 saturated heterocycles. The summed E-state index contributed by atoms with van der Waals surface area (Å²) in [6.45, 7) is 37.2. The van der Waals surface area contributed by atoms with E-state index in [-0.39, 0.29) is 50.0 Å². The van der Waals surface area contributed by atoms with Crippen molar-refractivity contribution in [3.05, 3.63) is 0 Å². The number of hydrogen-bond acceptors (Lipinski definition) is 21. The van der Waals surface area contributed by atoms with Crippen molar-refractivity contribution in [2.75, 3.05) is 19.7 Å². The van der Waals surface area contributed by atoms with Crippen LogP contribution in [0.4, 0.5) is 0 Å². The summed E-state index contributed by atoms with van der Waals surface area (Å²) in [6.07, 6.45) is -1.14. The second-order valence-corrected chi connectivity index (χ2v) is 36.3. The van der Waals surface area contributed by atoms with Gasteiger partial charge in [0, 0.05) is 26.3 Å². The van der Waals surface area contributed by atoms with E-state index in [4.69, 9.17) is 5.73 Å². The highest BCUT2D eigenvalue weighted by atomic mass is 16.4. The smallest absolute Gasteiger partial charge is 0.303 e. The van der Waals surface area contributed by atoms with Gasteiger partial charge in [-0.15, -0.1) is 0 Å². The molecule has 0 radical (unpaired) electrons. The summed E-state index contributed by atoms with van der Waals surface area (Å²) < 4.78 is 0. The van der Waals surface area contributed by atoms with Crippen LogP contribution in [0.25, 0.3) is 0 Å². The molecule has 1 heterocycles. The summed E-state index contributed by atoms with van der Waals surface area (Å²) in [7, 11) is 0. The van der Waals surface area contributed by atoms with E-state index in [1.165, 1.54) is 150 Å². The highest BCUT2D eigenvalue weighted by Gasteiger charge is 2.48. The molecule has 674 valence electrons. The molecule has 41 heteroatoms. The monoisotopic (exact) mass is 1690 g/mol. The fourth-order valence-electron chi connectivity index (χ4n) is 11.6. The Kier molecular flexibility index (Phi) is 38.8. The third kappa shape index (κ3) is 34.0. The number of aliphatic hydroxyl groups is 1. The Morgan fingerprint density at radius 1 is 0.387 bits per heavy atom. The van der Waals surface area contributed by atoms with E-state index in [9.17, 15) is 106 Å². The highest BCUT2D eigenvalue weighted by molar-refractivity contribution is 6.04. The van der Waals surface area contributed by atoms with Gasteiger partial charge in [0.1, 0.15) is 92.1 Å².